The molecule has 2 aromatic rings. The van der Waals surface area contributed by atoms with E-state index in [1.54, 1.807) is 48.5 Å². The van der Waals surface area contributed by atoms with Crippen molar-refractivity contribution in [2.45, 2.75) is 13.8 Å². The predicted octanol–water partition coefficient (Wildman–Crippen LogP) is 4.04. The number of carboxylic acids is 1. The average molecular weight is 320 g/mol. The van der Waals surface area contributed by atoms with Gasteiger partial charge in [-0.3, -0.25) is 4.79 Å². The minimum Gasteiger partial charge on any atom is -0.481 e. The second-order valence-corrected chi connectivity index (χ2v) is 6.87. The number of aliphatic carboxylic acids is 1. The van der Waals surface area contributed by atoms with Gasteiger partial charge in [-0.15, -0.1) is 0 Å². The molecule has 0 bridgehead atoms. The first kappa shape index (κ1) is 16.1. The lowest BCUT2D eigenvalue weighted by Gasteiger charge is -2.18. The van der Waals surface area contributed by atoms with E-state index in [2.05, 4.69) is 0 Å². The van der Waals surface area contributed by atoms with E-state index >= 15 is 0 Å². The minimum absolute atomic E-state index is 0.308. The number of benzene rings is 2. The first-order chi connectivity index (χ1) is 10.4. The van der Waals surface area contributed by atoms with Gasteiger partial charge in [0.05, 0.1) is 0 Å². The molecule has 0 amide bonds. The van der Waals surface area contributed by atoms with Gasteiger partial charge >= 0.3 is 13.6 Å². The van der Waals surface area contributed by atoms with Crippen LogP contribution in [0.4, 0.5) is 0 Å². The van der Waals surface area contributed by atoms with Crippen molar-refractivity contribution in [3.8, 4) is 11.5 Å². The molecule has 0 fully saturated rings. The van der Waals surface area contributed by atoms with Crippen LogP contribution >= 0.6 is 7.60 Å². The van der Waals surface area contributed by atoms with Crippen LogP contribution in [0.2, 0.25) is 0 Å². The smallest absolute Gasteiger partial charge is 0.441 e. The molecule has 2 rings (SSSR count). The first-order valence-corrected chi connectivity index (χ1v) is 8.42. The van der Waals surface area contributed by atoms with Crippen LogP contribution in [0.3, 0.4) is 0 Å². The van der Waals surface area contributed by atoms with Crippen molar-refractivity contribution in [1.82, 2.24) is 0 Å². The number of carbonyl (C=O) groups is 1. The molecule has 0 aliphatic heterocycles. The van der Waals surface area contributed by atoms with Gasteiger partial charge in [-0.1, -0.05) is 35.4 Å². The summed E-state index contributed by atoms with van der Waals surface area (Å²) >= 11 is 0. The first-order valence-electron chi connectivity index (χ1n) is 6.70. The molecule has 116 valence electrons. The van der Waals surface area contributed by atoms with Gasteiger partial charge in [0, 0.05) is 0 Å². The summed E-state index contributed by atoms with van der Waals surface area (Å²) in [6.07, 6.45) is -0.714. The van der Waals surface area contributed by atoms with Crippen molar-refractivity contribution in [2.24, 2.45) is 0 Å². The van der Waals surface area contributed by atoms with Gasteiger partial charge in [0.2, 0.25) is 0 Å². The monoisotopic (exact) mass is 320 g/mol. The molecule has 1 N–H and O–H groups in total. The molecule has 0 unspecified atom stereocenters. The zero-order valence-corrected chi connectivity index (χ0v) is 13.2. The number of aryl methyl sites for hydroxylation is 2. The molecule has 0 atom stereocenters. The van der Waals surface area contributed by atoms with Crippen molar-refractivity contribution in [3.05, 3.63) is 59.7 Å². The predicted molar refractivity (Wildman–Crippen MR) is 83.7 cm³/mol. The Balaban J connectivity index is 2.22. The summed E-state index contributed by atoms with van der Waals surface area (Å²) in [4.78, 5) is 11.0. The number of hydrogen-bond donors (Lipinski definition) is 1. The lowest BCUT2D eigenvalue weighted by molar-refractivity contribution is -0.134. The van der Waals surface area contributed by atoms with Gasteiger partial charge in [0.15, 0.2) is 6.16 Å². The maximum Gasteiger partial charge on any atom is 0.441 e. The molecule has 0 aromatic heterocycles. The van der Waals surface area contributed by atoms with Crippen molar-refractivity contribution < 1.29 is 23.5 Å². The Labute approximate surface area is 129 Å². The fourth-order valence-electron chi connectivity index (χ4n) is 1.77. The van der Waals surface area contributed by atoms with Gasteiger partial charge in [-0.05, 0) is 38.1 Å². The van der Waals surface area contributed by atoms with Crippen LogP contribution in [0.25, 0.3) is 0 Å². The topological polar surface area (TPSA) is 72.8 Å². The summed E-state index contributed by atoms with van der Waals surface area (Å²) in [6, 6.07) is 13.6. The van der Waals surface area contributed by atoms with E-state index in [9.17, 15) is 9.36 Å². The van der Waals surface area contributed by atoms with Crippen LogP contribution in [0, 0.1) is 13.8 Å². The Morgan fingerprint density at radius 2 is 1.27 bits per heavy atom. The Morgan fingerprint density at radius 3 is 1.59 bits per heavy atom. The molecule has 0 aliphatic rings. The zero-order chi connectivity index (χ0) is 16.2. The molecule has 0 spiro atoms. The van der Waals surface area contributed by atoms with E-state index in [4.69, 9.17) is 14.2 Å². The minimum atomic E-state index is -3.85. The highest BCUT2D eigenvalue weighted by atomic mass is 31.2. The fourth-order valence-corrected chi connectivity index (χ4v) is 3.15. The Bertz CT molecular complexity index is 640. The molecule has 22 heavy (non-hydrogen) atoms. The highest BCUT2D eigenvalue weighted by Gasteiger charge is 2.32. The van der Waals surface area contributed by atoms with E-state index in [0.717, 1.165) is 11.1 Å². The summed E-state index contributed by atoms with van der Waals surface area (Å²) in [5.74, 6) is -0.632. The van der Waals surface area contributed by atoms with Crippen LogP contribution in [0.5, 0.6) is 11.5 Å². The van der Waals surface area contributed by atoms with Crippen molar-refractivity contribution in [1.29, 1.82) is 0 Å². The molecule has 0 radical (unpaired) electrons. The van der Waals surface area contributed by atoms with Gasteiger partial charge in [-0.25, -0.2) is 4.57 Å². The normalized spacial score (nSPS) is 11.0. The maximum atomic E-state index is 12.7. The SMILES string of the molecule is Cc1ccc(OP(=O)(CC(=O)O)Oc2ccc(C)cc2)cc1. The van der Waals surface area contributed by atoms with Gasteiger partial charge in [-0.2, -0.15) is 0 Å². The maximum absolute atomic E-state index is 12.7. The Morgan fingerprint density at radius 1 is 0.909 bits per heavy atom. The number of rotatable bonds is 6. The third-order valence-corrected chi connectivity index (χ3v) is 4.50. The largest absolute Gasteiger partial charge is 0.481 e. The van der Waals surface area contributed by atoms with Crippen molar-refractivity contribution in [3.63, 3.8) is 0 Å². The lowest BCUT2D eigenvalue weighted by Crippen LogP contribution is -2.12. The summed E-state index contributed by atoms with van der Waals surface area (Å²) in [5.41, 5.74) is 2.03. The quantitative estimate of drug-likeness (QED) is 0.813. The standard InChI is InChI=1S/C16H17O5P/c1-12-3-7-14(8-4-12)20-22(19,11-16(17)18)21-15-9-5-13(2)6-10-15/h3-10H,11H2,1-2H3,(H,17,18). The molecular formula is C16H17O5P. The van der Waals surface area contributed by atoms with Crippen LogP contribution in [-0.2, 0) is 9.36 Å². The third kappa shape index (κ3) is 4.64. The molecule has 0 saturated heterocycles. The Hall–Kier alpha value is -2.26. The van der Waals surface area contributed by atoms with Crippen LogP contribution in [0.15, 0.2) is 48.5 Å². The van der Waals surface area contributed by atoms with E-state index in [1.165, 1.54) is 0 Å². The molecule has 0 heterocycles. The zero-order valence-electron chi connectivity index (χ0n) is 12.4. The Kier molecular flexibility index (Phi) is 4.88. The second-order valence-electron chi connectivity index (χ2n) is 4.97. The number of carboxylic acid groups (broad SMARTS) is 1. The van der Waals surface area contributed by atoms with Gasteiger partial charge in [0.1, 0.15) is 11.5 Å². The van der Waals surface area contributed by atoms with E-state index in [0.29, 0.717) is 11.5 Å². The summed E-state index contributed by atoms with van der Waals surface area (Å²) in [7, 11) is -3.85. The molecule has 0 saturated carbocycles. The summed E-state index contributed by atoms with van der Waals surface area (Å²) < 4.78 is 23.4. The van der Waals surface area contributed by atoms with Crippen LogP contribution in [0.1, 0.15) is 11.1 Å². The van der Waals surface area contributed by atoms with E-state index in [-0.39, 0.29) is 0 Å². The van der Waals surface area contributed by atoms with Gasteiger partial charge in [0.25, 0.3) is 0 Å². The molecule has 2 aromatic carbocycles. The highest BCUT2D eigenvalue weighted by Crippen LogP contribution is 2.48. The molecule has 5 nitrogen and oxygen atoms in total. The van der Waals surface area contributed by atoms with Crippen molar-refractivity contribution in [2.75, 3.05) is 6.16 Å². The molecular weight excluding hydrogens is 303 g/mol. The van der Waals surface area contributed by atoms with E-state index in [1.807, 2.05) is 13.8 Å². The average Bonchev–Trinajstić information content (AvgIpc) is 2.43. The van der Waals surface area contributed by atoms with Gasteiger partial charge < -0.3 is 14.2 Å². The number of hydrogen-bond acceptors (Lipinski definition) is 4. The summed E-state index contributed by atoms with van der Waals surface area (Å²) in [6.45, 7) is 3.81. The fraction of sp³-hybridized carbons (Fsp3) is 0.188. The molecule has 6 heteroatoms. The van der Waals surface area contributed by atoms with E-state index < -0.39 is 19.7 Å². The molecule has 0 aliphatic carbocycles. The van der Waals surface area contributed by atoms with Crippen LogP contribution < -0.4 is 9.05 Å². The van der Waals surface area contributed by atoms with Crippen LogP contribution in [-0.4, -0.2) is 17.2 Å². The van der Waals surface area contributed by atoms with Crippen molar-refractivity contribution >= 4 is 13.6 Å². The highest BCUT2D eigenvalue weighted by molar-refractivity contribution is 7.55. The third-order valence-electron chi connectivity index (χ3n) is 2.86. The second kappa shape index (κ2) is 6.67. The lowest BCUT2D eigenvalue weighted by atomic mass is 10.2. The summed E-state index contributed by atoms with van der Waals surface area (Å²) in [5, 5.41) is 8.96.